The van der Waals surface area contributed by atoms with Crippen molar-refractivity contribution in [3.05, 3.63) is 50.5 Å². The largest absolute Gasteiger partial charge is 0.477 e. The van der Waals surface area contributed by atoms with E-state index in [4.69, 9.17) is 5.11 Å². The second-order valence-corrected chi connectivity index (χ2v) is 4.59. The molecular formula is C11H9N3O4S. The van der Waals surface area contributed by atoms with Crippen LogP contribution in [-0.2, 0) is 6.54 Å². The van der Waals surface area contributed by atoms with Crippen molar-refractivity contribution in [1.82, 2.24) is 4.98 Å². The fourth-order valence-corrected chi connectivity index (χ4v) is 2.03. The lowest BCUT2D eigenvalue weighted by atomic mass is 10.1. The number of benzene rings is 1. The van der Waals surface area contributed by atoms with Gasteiger partial charge in [0.05, 0.1) is 17.0 Å². The van der Waals surface area contributed by atoms with Gasteiger partial charge in [0, 0.05) is 22.8 Å². The van der Waals surface area contributed by atoms with Gasteiger partial charge in [-0.3, -0.25) is 15.1 Å². The van der Waals surface area contributed by atoms with E-state index in [0.29, 0.717) is 12.2 Å². The average molecular weight is 279 g/mol. The van der Waals surface area contributed by atoms with Crippen LogP contribution >= 0.6 is 11.3 Å². The topological polar surface area (TPSA) is 105 Å². The van der Waals surface area contributed by atoms with Crippen molar-refractivity contribution in [3.8, 4) is 0 Å². The van der Waals surface area contributed by atoms with Gasteiger partial charge in [0.1, 0.15) is 5.56 Å². The minimum Gasteiger partial charge on any atom is -0.477 e. The Morgan fingerprint density at radius 3 is 2.89 bits per heavy atom. The summed E-state index contributed by atoms with van der Waals surface area (Å²) in [6, 6.07) is 3.91. The highest BCUT2D eigenvalue weighted by atomic mass is 32.1. The van der Waals surface area contributed by atoms with Crippen LogP contribution in [0, 0.1) is 10.1 Å². The van der Waals surface area contributed by atoms with Crippen LogP contribution in [0.4, 0.5) is 11.4 Å². The molecule has 8 heteroatoms. The first kappa shape index (κ1) is 13.0. The van der Waals surface area contributed by atoms with Crippen LogP contribution in [-0.4, -0.2) is 21.0 Å². The quantitative estimate of drug-likeness (QED) is 0.643. The molecule has 0 radical (unpaired) electrons. The zero-order chi connectivity index (χ0) is 13.8. The first-order valence-electron chi connectivity index (χ1n) is 5.21. The lowest BCUT2D eigenvalue weighted by Crippen LogP contribution is -2.05. The van der Waals surface area contributed by atoms with Gasteiger partial charge in [0.25, 0.3) is 5.69 Å². The number of nitrogens with zero attached hydrogens (tertiary/aromatic N) is 2. The highest BCUT2D eigenvalue weighted by Crippen LogP contribution is 2.23. The molecule has 2 N–H and O–H groups in total. The third-order valence-electron chi connectivity index (χ3n) is 2.37. The van der Waals surface area contributed by atoms with Crippen molar-refractivity contribution in [2.45, 2.75) is 6.54 Å². The summed E-state index contributed by atoms with van der Waals surface area (Å²) in [5.74, 6) is -1.33. The number of aromatic nitrogens is 1. The summed E-state index contributed by atoms with van der Waals surface area (Å²) in [4.78, 5) is 25.9. The van der Waals surface area contributed by atoms with Crippen molar-refractivity contribution >= 4 is 28.7 Å². The number of carbonyl (C=O) groups is 1. The Balaban J connectivity index is 2.20. The molecule has 0 spiro atoms. The average Bonchev–Trinajstić information content (AvgIpc) is 2.88. The molecule has 0 saturated heterocycles. The van der Waals surface area contributed by atoms with Gasteiger partial charge in [-0.1, -0.05) is 0 Å². The standard InChI is InChI=1S/C11H9N3O4S/c15-11(16)9-3-7(1-2-10(9)14(17)18)13-5-8-4-12-6-19-8/h1-4,6,13H,5H2,(H,15,16). The van der Waals surface area contributed by atoms with Crippen LogP contribution in [0.25, 0.3) is 0 Å². The molecule has 1 aromatic heterocycles. The number of nitro groups is 1. The molecule has 0 fully saturated rings. The van der Waals surface area contributed by atoms with E-state index in [9.17, 15) is 14.9 Å². The lowest BCUT2D eigenvalue weighted by molar-refractivity contribution is -0.385. The Morgan fingerprint density at radius 1 is 1.53 bits per heavy atom. The Labute approximate surface area is 111 Å². The second kappa shape index (κ2) is 5.44. The van der Waals surface area contributed by atoms with Gasteiger partial charge in [0.15, 0.2) is 0 Å². The molecule has 2 rings (SSSR count). The SMILES string of the molecule is O=C(O)c1cc(NCc2cncs2)ccc1[N+](=O)[O-]. The monoisotopic (exact) mass is 279 g/mol. The molecule has 0 unspecified atom stereocenters. The highest BCUT2D eigenvalue weighted by Gasteiger charge is 2.19. The molecule has 0 aliphatic rings. The maximum atomic E-state index is 11.0. The molecule has 7 nitrogen and oxygen atoms in total. The Morgan fingerprint density at radius 2 is 2.32 bits per heavy atom. The van der Waals surface area contributed by atoms with Crippen molar-refractivity contribution in [2.75, 3.05) is 5.32 Å². The van der Waals surface area contributed by atoms with Crippen LogP contribution in [0.3, 0.4) is 0 Å². The molecule has 0 atom stereocenters. The van der Waals surface area contributed by atoms with Crippen LogP contribution in [0.1, 0.15) is 15.2 Å². The first-order chi connectivity index (χ1) is 9.08. The Bertz CT molecular complexity index is 612. The van der Waals surface area contributed by atoms with Gasteiger partial charge >= 0.3 is 5.97 Å². The van der Waals surface area contributed by atoms with Gasteiger partial charge in [0.2, 0.25) is 0 Å². The van der Waals surface area contributed by atoms with E-state index in [-0.39, 0.29) is 5.56 Å². The molecule has 1 heterocycles. The molecule has 0 aliphatic carbocycles. The van der Waals surface area contributed by atoms with E-state index in [2.05, 4.69) is 10.3 Å². The van der Waals surface area contributed by atoms with Gasteiger partial charge < -0.3 is 10.4 Å². The normalized spacial score (nSPS) is 10.1. The van der Waals surface area contributed by atoms with Crippen LogP contribution in [0.2, 0.25) is 0 Å². The predicted molar refractivity (Wildman–Crippen MR) is 69.5 cm³/mol. The maximum Gasteiger partial charge on any atom is 0.342 e. The Kier molecular flexibility index (Phi) is 3.71. The van der Waals surface area contributed by atoms with Gasteiger partial charge in [-0.2, -0.15) is 0 Å². The fraction of sp³-hybridized carbons (Fsp3) is 0.0909. The first-order valence-corrected chi connectivity index (χ1v) is 6.09. The smallest absolute Gasteiger partial charge is 0.342 e. The molecule has 0 aliphatic heterocycles. The van der Waals surface area contributed by atoms with Crippen LogP contribution in [0.5, 0.6) is 0 Å². The number of carboxylic acids is 1. The number of hydrogen-bond acceptors (Lipinski definition) is 6. The van der Waals surface area contributed by atoms with E-state index in [0.717, 1.165) is 4.88 Å². The summed E-state index contributed by atoms with van der Waals surface area (Å²) >= 11 is 1.46. The summed E-state index contributed by atoms with van der Waals surface area (Å²) in [5.41, 5.74) is 1.45. The van der Waals surface area contributed by atoms with Crippen molar-refractivity contribution < 1.29 is 14.8 Å². The number of thiazole rings is 1. The Hall–Kier alpha value is -2.48. The van der Waals surface area contributed by atoms with Crippen molar-refractivity contribution in [2.24, 2.45) is 0 Å². The number of anilines is 1. The summed E-state index contributed by atoms with van der Waals surface area (Å²) in [7, 11) is 0. The molecule has 0 bridgehead atoms. The molecule has 2 aromatic rings. The van der Waals surface area contributed by atoms with Crippen LogP contribution in [0.15, 0.2) is 29.9 Å². The fourth-order valence-electron chi connectivity index (χ4n) is 1.50. The minimum absolute atomic E-state index is 0.334. The van der Waals surface area contributed by atoms with E-state index >= 15 is 0 Å². The number of hydrogen-bond donors (Lipinski definition) is 2. The molecule has 1 aromatic carbocycles. The third kappa shape index (κ3) is 3.05. The summed E-state index contributed by atoms with van der Waals surface area (Å²) in [6.07, 6.45) is 1.70. The van der Waals surface area contributed by atoms with Crippen molar-refractivity contribution in [3.63, 3.8) is 0 Å². The summed E-state index contributed by atoms with van der Waals surface area (Å²) in [5, 5.41) is 22.6. The van der Waals surface area contributed by atoms with Crippen molar-refractivity contribution in [1.29, 1.82) is 0 Å². The molecule has 0 saturated carbocycles. The van der Waals surface area contributed by atoms with Crippen LogP contribution < -0.4 is 5.32 Å². The van der Waals surface area contributed by atoms with E-state index in [1.807, 2.05) is 0 Å². The molecule has 0 amide bonds. The maximum absolute atomic E-state index is 11.0. The number of rotatable bonds is 5. The zero-order valence-corrected chi connectivity index (χ0v) is 10.4. The zero-order valence-electron chi connectivity index (χ0n) is 9.57. The number of nitro benzene ring substituents is 1. The lowest BCUT2D eigenvalue weighted by Gasteiger charge is -2.06. The molecule has 98 valence electrons. The van der Waals surface area contributed by atoms with E-state index in [1.165, 1.54) is 29.5 Å². The number of aromatic carboxylic acids is 1. The van der Waals surface area contributed by atoms with Gasteiger partial charge in [-0.05, 0) is 12.1 Å². The minimum atomic E-state index is -1.33. The predicted octanol–water partition coefficient (Wildman–Crippen LogP) is 2.36. The number of carboxylic acid groups (broad SMARTS) is 1. The number of nitrogens with one attached hydrogen (secondary N) is 1. The second-order valence-electron chi connectivity index (χ2n) is 3.62. The summed E-state index contributed by atoms with van der Waals surface area (Å²) < 4.78 is 0. The van der Waals surface area contributed by atoms with E-state index in [1.54, 1.807) is 11.7 Å². The third-order valence-corrected chi connectivity index (χ3v) is 3.15. The summed E-state index contributed by atoms with van der Waals surface area (Å²) in [6.45, 7) is 0.488. The molecular weight excluding hydrogens is 270 g/mol. The van der Waals surface area contributed by atoms with Gasteiger partial charge in [-0.15, -0.1) is 11.3 Å². The highest BCUT2D eigenvalue weighted by molar-refractivity contribution is 7.09. The van der Waals surface area contributed by atoms with Gasteiger partial charge in [-0.25, -0.2) is 4.79 Å². The molecule has 19 heavy (non-hydrogen) atoms. The van der Waals surface area contributed by atoms with E-state index < -0.39 is 16.6 Å².